The number of rotatable bonds is 7. The van der Waals surface area contributed by atoms with E-state index in [4.69, 9.17) is 0 Å². The Hall–Kier alpha value is -3.59. The Labute approximate surface area is 184 Å². The summed E-state index contributed by atoms with van der Waals surface area (Å²) < 4.78 is 14.1. The lowest BCUT2D eigenvalue weighted by atomic mass is 9.94. The minimum Gasteiger partial charge on any atom is -0.507 e. The highest BCUT2D eigenvalue weighted by Gasteiger charge is 2.45. The number of nitrogens with zero attached hydrogens (tertiary/aromatic N) is 3. The molecule has 0 aromatic heterocycles. The first kappa shape index (κ1) is 23.1. The number of hydrogen-bond acceptors (Lipinski definition) is 6. The summed E-state index contributed by atoms with van der Waals surface area (Å²) in [5, 5.41) is 21.9. The Morgan fingerprint density at radius 1 is 1.19 bits per heavy atom. The zero-order valence-corrected chi connectivity index (χ0v) is 18.0. The van der Waals surface area contributed by atoms with Crippen molar-refractivity contribution in [3.8, 4) is 0 Å². The molecule has 0 unspecified atom stereocenters. The van der Waals surface area contributed by atoms with Crippen LogP contribution in [0.15, 0.2) is 48.0 Å². The molecule has 1 aliphatic heterocycles. The van der Waals surface area contributed by atoms with E-state index in [1.807, 2.05) is 19.0 Å². The van der Waals surface area contributed by atoms with Crippen molar-refractivity contribution in [3.05, 3.63) is 80.7 Å². The highest BCUT2D eigenvalue weighted by molar-refractivity contribution is 6.46. The van der Waals surface area contributed by atoms with Gasteiger partial charge in [-0.15, -0.1) is 0 Å². The maximum absolute atomic E-state index is 14.1. The first-order valence-corrected chi connectivity index (χ1v) is 10.1. The fourth-order valence-corrected chi connectivity index (χ4v) is 3.69. The number of carbonyl (C=O) groups is 2. The number of carbonyl (C=O) groups excluding carboxylic acids is 2. The molecular weight excluding hydrogens is 417 g/mol. The van der Waals surface area contributed by atoms with Gasteiger partial charge in [0.25, 0.3) is 17.4 Å². The van der Waals surface area contributed by atoms with Gasteiger partial charge in [0.05, 0.1) is 16.5 Å². The number of aliphatic hydroxyl groups is 1. The number of halogens is 1. The van der Waals surface area contributed by atoms with Crippen LogP contribution in [0.5, 0.6) is 0 Å². The standard InChI is InChI=1S/C23H24FN3O5/c1-14-5-6-16(13-18(14)24)21(28)19-20(15-7-9-17(10-8-15)27(31)32)26(23(30)22(19)29)12-4-11-25(2)3/h5-10,13,20,28H,4,11-12H2,1-3H3/t20-/m0/s1. The molecule has 0 radical (unpaired) electrons. The van der Waals surface area contributed by atoms with E-state index >= 15 is 0 Å². The van der Waals surface area contributed by atoms with E-state index in [2.05, 4.69) is 0 Å². The molecule has 0 spiro atoms. The number of likely N-dealkylation sites (tertiary alicyclic amines) is 1. The molecule has 9 heteroatoms. The van der Waals surface area contributed by atoms with Crippen molar-refractivity contribution in [2.45, 2.75) is 19.4 Å². The fraction of sp³-hybridized carbons (Fsp3) is 0.304. The third-order valence-corrected chi connectivity index (χ3v) is 5.41. The van der Waals surface area contributed by atoms with E-state index in [1.54, 1.807) is 6.92 Å². The SMILES string of the molecule is Cc1ccc(C(O)=C2C(=O)C(=O)N(CCCN(C)C)[C@H]2c2ccc([N+](=O)[O-])cc2)cc1F. The zero-order valence-electron chi connectivity index (χ0n) is 18.0. The normalized spacial score (nSPS) is 17.9. The Bertz CT molecular complexity index is 1100. The van der Waals surface area contributed by atoms with Gasteiger partial charge in [-0.3, -0.25) is 19.7 Å². The summed E-state index contributed by atoms with van der Waals surface area (Å²) in [5.41, 5.74) is 0.577. The van der Waals surface area contributed by atoms with Crippen LogP contribution in [-0.2, 0) is 9.59 Å². The van der Waals surface area contributed by atoms with E-state index in [0.717, 1.165) is 6.07 Å². The van der Waals surface area contributed by atoms with E-state index in [1.165, 1.54) is 41.3 Å². The summed E-state index contributed by atoms with van der Waals surface area (Å²) >= 11 is 0. The lowest BCUT2D eigenvalue weighted by molar-refractivity contribution is -0.384. The average Bonchev–Trinajstić information content (AvgIpc) is 3.00. The first-order valence-electron chi connectivity index (χ1n) is 10.1. The van der Waals surface area contributed by atoms with Gasteiger partial charge in [0, 0.05) is 24.2 Å². The van der Waals surface area contributed by atoms with E-state index < -0.39 is 34.2 Å². The van der Waals surface area contributed by atoms with Crippen molar-refractivity contribution in [3.63, 3.8) is 0 Å². The molecule has 8 nitrogen and oxygen atoms in total. The predicted molar refractivity (Wildman–Crippen MR) is 116 cm³/mol. The van der Waals surface area contributed by atoms with Crippen molar-refractivity contribution in [1.29, 1.82) is 0 Å². The Kier molecular flexibility index (Phi) is 6.69. The van der Waals surface area contributed by atoms with Crippen molar-refractivity contribution in [2.24, 2.45) is 0 Å². The van der Waals surface area contributed by atoms with Crippen molar-refractivity contribution in [2.75, 3.05) is 27.2 Å². The van der Waals surface area contributed by atoms with Crippen molar-refractivity contribution >= 4 is 23.1 Å². The van der Waals surface area contributed by atoms with E-state index in [9.17, 15) is 29.2 Å². The Balaban J connectivity index is 2.11. The van der Waals surface area contributed by atoms with Crippen LogP contribution in [0.2, 0.25) is 0 Å². The molecule has 3 rings (SSSR count). The number of hydrogen-bond donors (Lipinski definition) is 1. The molecule has 32 heavy (non-hydrogen) atoms. The largest absolute Gasteiger partial charge is 0.507 e. The minimum atomic E-state index is -0.942. The van der Waals surface area contributed by atoms with Crippen LogP contribution in [0.4, 0.5) is 10.1 Å². The van der Waals surface area contributed by atoms with Crippen molar-refractivity contribution in [1.82, 2.24) is 9.80 Å². The van der Waals surface area contributed by atoms with Crippen molar-refractivity contribution < 1.29 is 24.0 Å². The third kappa shape index (κ3) is 4.52. The molecule has 1 atom stereocenters. The molecule has 168 valence electrons. The second-order valence-electron chi connectivity index (χ2n) is 7.96. The van der Waals surface area contributed by atoms with Crippen LogP contribution < -0.4 is 0 Å². The summed E-state index contributed by atoms with van der Waals surface area (Å²) in [6.07, 6.45) is 0.572. The number of aryl methyl sites for hydroxylation is 1. The number of ketones is 1. The molecule has 0 aliphatic carbocycles. The van der Waals surface area contributed by atoms with E-state index in [-0.39, 0.29) is 23.4 Å². The number of Topliss-reactive ketones (excluding diaryl/α,β-unsaturated/α-hetero) is 1. The number of amides is 1. The highest BCUT2D eigenvalue weighted by Crippen LogP contribution is 2.40. The van der Waals surface area contributed by atoms with Crippen LogP contribution in [-0.4, -0.2) is 58.7 Å². The maximum atomic E-state index is 14.1. The van der Waals surface area contributed by atoms with Crippen LogP contribution in [0.3, 0.4) is 0 Å². The van der Waals surface area contributed by atoms with E-state index in [0.29, 0.717) is 24.1 Å². The van der Waals surface area contributed by atoms with Gasteiger partial charge in [-0.2, -0.15) is 0 Å². The van der Waals surface area contributed by atoms with Gasteiger partial charge in [-0.05, 0) is 63.3 Å². The molecule has 1 N–H and O–H groups in total. The number of benzene rings is 2. The molecule has 2 aromatic rings. The number of non-ortho nitro benzene ring substituents is 1. The lowest BCUT2D eigenvalue weighted by Crippen LogP contribution is -2.32. The molecule has 0 saturated carbocycles. The van der Waals surface area contributed by atoms with Crippen LogP contribution in [0, 0.1) is 22.9 Å². The second-order valence-corrected chi connectivity index (χ2v) is 7.96. The smallest absolute Gasteiger partial charge is 0.295 e. The van der Waals surface area contributed by atoms with Gasteiger partial charge < -0.3 is 14.9 Å². The third-order valence-electron chi connectivity index (χ3n) is 5.41. The van der Waals surface area contributed by atoms with Crippen LogP contribution in [0.1, 0.15) is 29.2 Å². The monoisotopic (exact) mass is 441 g/mol. The highest BCUT2D eigenvalue weighted by atomic mass is 19.1. The van der Waals surface area contributed by atoms with Gasteiger partial charge in [0.2, 0.25) is 0 Å². The Morgan fingerprint density at radius 3 is 2.41 bits per heavy atom. The molecule has 1 heterocycles. The van der Waals surface area contributed by atoms with Gasteiger partial charge in [0.1, 0.15) is 11.6 Å². The molecule has 0 bridgehead atoms. The summed E-state index contributed by atoms with van der Waals surface area (Å²) in [6.45, 7) is 2.47. The summed E-state index contributed by atoms with van der Waals surface area (Å²) in [7, 11) is 3.77. The predicted octanol–water partition coefficient (Wildman–Crippen LogP) is 3.42. The molecule has 1 aliphatic rings. The van der Waals surface area contributed by atoms with Crippen LogP contribution in [0.25, 0.3) is 5.76 Å². The lowest BCUT2D eigenvalue weighted by Gasteiger charge is -2.26. The summed E-state index contributed by atoms with van der Waals surface area (Å²) in [6, 6.07) is 8.58. The van der Waals surface area contributed by atoms with Gasteiger partial charge >= 0.3 is 0 Å². The molecular formula is C23H24FN3O5. The Morgan fingerprint density at radius 2 is 1.84 bits per heavy atom. The molecule has 2 aromatic carbocycles. The minimum absolute atomic E-state index is 0.0753. The maximum Gasteiger partial charge on any atom is 0.295 e. The zero-order chi connectivity index (χ0) is 23.6. The molecule has 1 fully saturated rings. The number of nitro benzene ring substituents is 1. The van der Waals surface area contributed by atoms with Gasteiger partial charge in [-0.25, -0.2) is 4.39 Å². The van der Waals surface area contributed by atoms with Gasteiger partial charge in [-0.1, -0.05) is 12.1 Å². The van der Waals surface area contributed by atoms with Crippen LogP contribution >= 0.6 is 0 Å². The number of aliphatic hydroxyl groups excluding tert-OH is 1. The fourth-order valence-electron chi connectivity index (χ4n) is 3.69. The quantitative estimate of drug-likeness (QED) is 0.232. The number of nitro groups is 1. The second kappa shape index (κ2) is 9.27. The van der Waals surface area contributed by atoms with Gasteiger partial charge in [0.15, 0.2) is 0 Å². The topological polar surface area (TPSA) is 104 Å². The first-order chi connectivity index (χ1) is 15.1. The average molecular weight is 441 g/mol. The summed E-state index contributed by atoms with van der Waals surface area (Å²) in [5.74, 6) is -2.69. The summed E-state index contributed by atoms with van der Waals surface area (Å²) in [4.78, 5) is 39.5. The molecule has 1 amide bonds. The molecule has 1 saturated heterocycles.